The number of anilines is 1. The Balaban J connectivity index is 1.85. The van der Waals surface area contributed by atoms with Crippen LogP contribution in [0.15, 0.2) is 59.4 Å². The number of aromatic nitrogens is 1. The maximum absolute atomic E-state index is 12.7. The minimum Gasteiger partial charge on any atom is -0.378 e. The molecule has 5 heteroatoms. The lowest BCUT2D eigenvalue weighted by atomic mass is 10.1. The summed E-state index contributed by atoms with van der Waals surface area (Å²) in [5, 5.41) is 1.35. The van der Waals surface area contributed by atoms with Crippen LogP contribution in [-0.4, -0.2) is 36.9 Å². The largest absolute Gasteiger partial charge is 0.378 e. The number of carbonyl (C=O) groups excluding carboxylic acids is 1. The molecule has 0 aliphatic rings. The summed E-state index contributed by atoms with van der Waals surface area (Å²) < 4.78 is 0. The summed E-state index contributed by atoms with van der Waals surface area (Å²) in [6, 6.07) is 17.0. The van der Waals surface area contributed by atoms with E-state index in [1.807, 2.05) is 61.5 Å². The molecule has 0 saturated carbocycles. The van der Waals surface area contributed by atoms with E-state index >= 15 is 0 Å². The van der Waals surface area contributed by atoms with Crippen LogP contribution in [0.3, 0.4) is 0 Å². The summed E-state index contributed by atoms with van der Waals surface area (Å²) in [7, 11) is 5.69. The van der Waals surface area contributed by atoms with Gasteiger partial charge in [-0.3, -0.25) is 9.59 Å². The van der Waals surface area contributed by atoms with E-state index in [4.69, 9.17) is 0 Å². The molecule has 25 heavy (non-hydrogen) atoms. The molecule has 0 aliphatic heterocycles. The predicted molar refractivity (Wildman–Crippen MR) is 101 cm³/mol. The van der Waals surface area contributed by atoms with Gasteiger partial charge in [0, 0.05) is 38.8 Å². The third-order valence-corrected chi connectivity index (χ3v) is 4.18. The van der Waals surface area contributed by atoms with E-state index in [1.54, 1.807) is 24.1 Å². The lowest BCUT2D eigenvalue weighted by Gasteiger charge is -2.19. The van der Waals surface area contributed by atoms with Crippen LogP contribution < -0.4 is 10.5 Å². The minimum absolute atomic E-state index is 0.210. The second-order valence-electron chi connectivity index (χ2n) is 6.32. The Morgan fingerprint density at radius 3 is 2.52 bits per heavy atom. The molecule has 0 atom stereocenters. The van der Waals surface area contributed by atoms with Gasteiger partial charge in [-0.25, -0.2) is 0 Å². The number of nitrogens with one attached hydrogen (secondary N) is 1. The predicted octanol–water partition coefficient (Wildman–Crippen LogP) is 2.87. The summed E-state index contributed by atoms with van der Waals surface area (Å²) in [5.41, 5.74) is 2.17. The third-order valence-electron chi connectivity index (χ3n) is 4.18. The summed E-state index contributed by atoms with van der Waals surface area (Å²) in [5.74, 6) is -0.210. The Morgan fingerprint density at radius 2 is 1.76 bits per heavy atom. The molecule has 5 nitrogen and oxygen atoms in total. The number of aromatic amines is 1. The Kier molecular flexibility index (Phi) is 4.57. The number of rotatable bonds is 4. The molecule has 0 saturated heterocycles. The van der Waals surface area contributed by atoms with Crippen molar-refractivity contribution in [1.29, 1.82) is 0 Å². The van der Waals surface area contributed by atoms with Crippen LogP contribution in [0.4, 0.5) is 5.69 Å². The molecule has 1 amide bonds. The van der Waals surface area contributed by atoms with Gasteiger partial charge in [0.1, 0.15) is 5.69 Å². The van der Waals surface area contributed by atoms with Crippen molar-refractivity contribution in [2.24, 2.45) is 0 Å². The Hall–Kier alpha value is -3.08. The van der Waals surface area contributed by atoms with E-state index in [9.17, 15) is 9.59 Å². The zero-order valence-corrected chi connectivity index (χ0v) is 14.6. The minimum atomic E-state index is -0.246. The summed E-state index contributed by atoms with van der Waals surface area (Å²) in [6.07, 6.45) is 0. The number of fused-ring (bicyclic) bond motifs is 1. The number of pyridine rings is 1. The van der Waals surface area contributed by atoms with Crippen LogP contribution in [0.25, 0.3) is 10.8 Å². The highest BCUT2D eigenvalue weighted by atomic mass is 16.2. The normalized spacial score (nSPS) is 10.7. The number of benzene rings is 2. The lowest BCUT2D eigenvalue weighted by molar-refractivity contribution is 0.0779. The van der Waals surface area contributed by atoms with Gasteiger partial charge in [-0.1, -0.05) is 30.3 Å². The van der Waals surface area contributed by atoms with Gasteiger partial charge in [-0.15, -0.1) is 0 Å². The molecule has 0 unspecified atom stereocenters. The molecule has 0 aliphatic carbocycles. The number of amides is 1. The maximum Gasteiger partial charge on any atom is 0.270 e. The fourth-order valence-corrected chi connectivity index (χ4v) is 2.81. The fraction of sp³-hybridized carbons (Fsp3) is 0.200. The smallest absolute Gasteiger partial charge is 0.270 e. The van der Waals surface area contributed by atoms with Crippen LogP contribution in [0.1, 0.15) is 16.1 Å². The first kappa shape index (κ1) is 16.8. The van der Waals surface area contributed by atoms with E-state index in [2.05, 4.69) is 4.98 Å². The first-order chi connectivity index (χ1) is 12.0. The molecule has 0 radical (unpaired) electrons. The van der Waals surface area contributed by atoms with Gasteiger partial charge in [0.2, 0.25) is 0 Å². The number of carbonyl (C=O) groups is 1. The van der Waals surface area contributed by atoms with Gasteiger partial charge in [0.05, 0.1) is 0 Å². The Labute approximate surface area is 146 Å². The van der Waals surface area contributed by atoms with Gasteiger partial charge in [-0.2, -0.15) is 0 Å². The van der Waals surface area contributed by atoms with Crippen molar-refractivity contribution in [3.8, 4) is 0 Å². The molecular weight excluding hydrogens is 314 g/mol. The van der Waals surface area contributed by atoms with Crippen LogP contribution in [0, 0.1) is 0 Å². The summed E-state index contributed by atoms with van der Waals surface area (Å²) >= 11 is 0. The number of hydrogen-bond acceptors (Lipinski definition) is 3. The summed E-state index contributed by atoms with van der Waals surface area (Å²) in [6.45, 7) is 0.468. The van der Waals surface area contributed by atoms with E-state index < -0.39 is 0 Å². The molecule has 0 fully saturated rings. The fourth-order valence-electron chi connectivity index (χ4n) is 2.81. The molecule has 0 spiro atoms. The number of hydrogen-bond donors (Lipinski definition) is 1. The zero-order valence-electron chi connectivity index (χ0n) is 14.6. The monoisotopic (exact) mass is 335 g/mol. The standard InChI is InChI=1S/C20H21N3O2/c1-22(2)16-9-6-7-14(11-16)13-23(3)20(25)18-12-15-8-4-5-10-17(15)19(24)21-18/h4-12H,13H2,1-3H3,(H,21,24). The van der Waals surface area contributed by atoms with Crippen molar-refractivity contribution in [3.63, 3.8) is 0 Å². The first-order valence-corrected chi connectivity index (χ1v) is 8.09. The van der Waals surface area contributed by atoms with Crippen LogP contribution >= 0.6 is 0 Å². The van der Waals surface area contributed by atoms with Crippen molar-refractivity contribution in [2.75, 3.05) is 26.0 Å². The first-order valence-electron chi connectivity index (χ1n) is 8.09. The van der Waals surface area contributed by atoms with Crippen molar-refractivity contribution in [1.82, 2.24) is 9.88 Å². The molecule has 3 rings (SSSR count). The van der Waals surface area contributed by atoms with Gasteiger partial charge in [0.25, 0.3) is 11.5 Å². The summed E-state index contributed by atoms with van der Waals surface area (Å²) in [4.78, 5) is 31.2. The van der Waals surface area contributed by atoms with Crippen molar-refractivity contribution in [2.45, 2.75) is 6.54 Å². The van der Waals surface area contributed by atoms with Gasteiger partial charge < -0.3 is 14.8 Å². The average molecular weight is 335 g/mol. The topological polar surface area (TPSA) is 56.4 Å². The van der Waals surface area contributed by atoms with E-state index in [-0.39, 0.29) is 11.5 Å². The molecular formula is C20H21N3O2. The zero-order chi connectivity index (χ0) is 18.0. The van der Waals surface area contributed by atoms with Crippen LogP contribution in [0.2, 0.25) is 0 Å². The Bertz CT molecular complexity index is 976. The van der Waals surface area contributed by atoms with Gasteiger partial charge in [0.15, 0.2) is 0 Å². The molecule has 1 N–H and O–H groups in total. The lowest BCUT2D eigenvalue weighted by Crippen LogP contribution is -2.28. The van der Waals surface area contributed by atoms with Crippen LogP contribution in [0.5, 0.6) is 0 Å². The highest BCUT2D eigenvalue weighted by molar-refractivity contribution is 5.96. The van der Waals surface area contributed by atoms with Crippen LogP contribution in [-0.2, 0) is 6.54 Å². The molecule has 1 aromatic heterocycles. The SMILES string of the molecule is CN(Cc1cccc(N(C)C)c1)C(=O)c1cc2ccccc2c(=O)[nH]1. The molecule has 128 valence electrons. The molecule has 3 aromatic rings. The molecule has 2 aromatic carbocycles. The maximum atomic E-state index is 12.7. The quantitative estimate of drug-likeness (QED) is 0.798. The van der Waals surface area contributed by atoms with Gasteiger partial charge >= 0.3 is 0 Å². The van der Waals surface area contributed by atoms with Crippen molar-refractivity contribution in [3.05, 3.63) is 76.2 Å². The number of nitrogens with zero attached hydrogens (tertiary/aromatic N) is 2. The number of H-pyrrole nitrogens is 1. The van der Waals surface area contributed by atoms with Crippen molar-refractivity contribution >= 4 is 22.4 Å². The van der Waals surface area contributed by atoms with E-state index in [0.717, 1.165) is 16.6 Å². The van der Waals surface area contributed by atoms with E-state index in [0.29, 0.717) is 17.6 Å². The third kappa shape index (κ3) is 3.55. The second-order valence-corrected chi connectivity index (χ2v) is 6.32. The molecule has 0 bridgehead atoms. The highest BCUT2D eigenvalue weighted by Gasteiger charge is 2.15. The highest BCUT2D eigenvalue weighted by Crippen LogP contribution is 2.16. The van der Waals surface area contributed by atoms with E-state index in [1.165, 1.54) is 0 Å². The van der Waals surface area contributed by atoms with Gasteiger partial charge in [-0.05, 0) is 35.2 Å². The van der Waals surface area contributed by atoms with Crippen molar-refractivity contribution < 1.29 is 4.79 Å². The Morgan fingerprint density at radius 1 is 1.00 bits per heavy atom. The molecule has 1 heterocycles. The average Bonchev–Trinajstić information content (AvgIpc) is 2.61. The second kappa shape index (κ2) is 6.81.